The molecule has 3 N–H and O–H groups in total. The third-order valence-electron chi connectivity index (χ3n) is 3.57. The van der Waals surface area contributed by atoms with E-state index in [0.717, 1.165) is 12.0 Å². The summed E-state index contributed by atoms with van der Waals surface area (Å²) < 4.78 is 5.14. The van der Waals surface area contributed by atoms with Gasteiger partial charge in [-0.1, -0.05) is 38.1 Å². The lowest BCUT2D eigenvalue weighted by Gasteiger charge is -2.19. The van der Waals surface area contributed by atoms with Crippen LogP contribution in [0, 0.1) is 5.92 Å². The summed E-state index contributed by atoms with van der Waals surface area (Å²) in [6.07, 6.45) is 0.122. The van der Waals surface area contributed by atoms with Gasteiger partial charge in [0.25, 0.3) is 0 Å². The van der Waals surface area contributed by atoms with Gasteiger partial charge < -0.3 is 15.6 Å². The second kappa shape index (κ2) is 7.94. The molecule has 0 amide bonds. The van der Waals surface area contributed by atoms with Crippen molar-refractivity contribution in [2.24, 2.45) is 11.7 Å². The van der Waals surface area contributed by atoms with Gasteiger partial charge in [0.2, 0.25) is 0 Å². The van der Waals surface area contributed by atoms with E-state index in [1.165, 1.54) is 12.5 Å². The van der Waals surface area contributed by atoms with Gasteiger partial charge in [-0.25, -0.2) is 0 Å². The predicted molar refractivity (Wildman–Crippen MR) is 84.6 cm³/mol. The monoisotopic (exact) mass is 307 g/mol. The van der Waals surface area contributed by atoms with Crippen LogP contribution in [0.15, 0.2) is 24.3 Å². The molecule has 0 saturated heterocycles. The molecule has 1 unspecified atom stereocenters. The van der Waals surface area contributed by atoms with Crippen LogP contribution >= 0.6 is 0 Å². The number of ether oxygens (including phenoxy) is 1. The largest absolute Gasteiger partial charge is 0.480 e. The average molecular weight is 307 g/mol. The lowest BCUT2D eigenvalue weighted by atomic mass is 9.97. The zero-order chi connectivity index (χ0) is 16.9. The van der Waals surface area contributed by atoms with Crippen molar-refractivity contribution in [3.63, 3.8) is 0 Å². The van der Waals surface area contributed by atoms with E-state index < -0.39 is 30.0 Å². The fourth-order valence-corrected chi connectivity index (χ4v) is 2.11. The van der Waals surface area contributed by atoms with Crippen LogP contribution in [0.4, 0.5) is 0 Å². The van der Waals surface area contributed by atoms with E-state index in [2.05, 4.69) is 13.8 Å². The van der Waals surface area contributed by atoms with Crippen LogP contribution in [0.2, 0.25) is 0 Å². The van der Waals surface area contributed by atoms with Crippen molar-refractivity contribution in [3.05, 3.63) is 35.4 Å². The summed E-state index contributed by atoms with van der Waals surface area (Å²) in [5.74, 6) is -1.55. The number of benzene rings is 1. The number of rotatable bonds is 7. The summed E-state index contributed by atoms with van der Waals surface area (Å²) in [5.41, 5.74) is 7.50. The summed E-state index contributed by atoms with van der Waals surface area (Å²) in [4.78, 5) is 22.8. The summed E-state index contributed by atoms with van der Waals surface area (Å²) in [6, 6.07) is 6.61. The maximum Gasteiger partial charge on any atom is 0.324 e. The van der Waals surface area contributed by atoms with E-state index in [1.807, 2.05) is 24.3 Å². The molecule has 0 aliphatic carbocycles. The van der Waals surface area contributed by atoms with Gasteiger partial charge in [0, 0.05) is 0 Å². The van der Waals surface area contributed by atoms with Gasteiger partial charge in [0.1, 0.15) is 12.1 Å². The molecule has 1 rings (SSSR count). The standard InChI is InChI=1S/C17H25NO4/c1-10(2)9-13-5-7-14(8-6-13)11(3)17(21)22-12(4)15(18)16(19)20/h5-8,10-12,15H,9,18H2,1-4H3,(H,19,20)/t11-,12+,15?/m0/s1. The highest BCUT2D eigenvalue weighted by Gasteiger charge is 2.26. The van der Waals surface area contributed by atoms with Gasteiger partial charge in [0.15, 0.2) is 0 Å². The first-order valence-electron chi connectivity index (χ1n) is 7.50. The Hall–Kier alpha value is -1.88. The number of hydrogen-bond acceptors (Lipinski definition) is 4. The molecular weight excluding hydrogens is 282 g/mol. The maximum atomic E-state index is 12.1. The van der Waals surface area contributed by atoms with E-state index in [-0.39, 0.29) is 0 Å². The number of nitrogens with two attached hydrogens (primary N) is 1. The SMILES string of the molecule is CC(C)Cc1ccc([C@H](C)C(=O)O[C@H](C)C(N)C(=O)O)cc1. The molecule has 3 atom stereocenters. The molecule has 5 nitrogen and oxygen atoms in total. The Morgan fingerprint density at radius 1 is 1.14 bits per heavy atom. The quantitative estimate of drug-likeness (QED) is 0.755. The lowest BCUT2D eigenvalue weighted by Crippen LogP contribution is -2.43. The van der Waals surface area contributed by atoms with Crippen LogP contribution in [0.1, 0.15) is 44.7 Å². The molecule has 0 aromatic heterocycles. The van der Waals surface area contributed by atoms with Crippen molar-refractivity contribution in [1.82, 2.24) is 0 Å². The highest BCUT2D eigenvalue weighted by atomic mass is 16.5. The molecule has 0 heterocycles. The zero-order valence-corrected chi connectivity index (χ0v) is 13.6. The van der Waals surface area contributed by atoms with Crippen molar-refractivity contribution in [2.45, 2.75) is 52.2 Å². The molecule has 1 aromatic carbocycles. The Morgan fingerprint density at radius 3 is 2.14 bits per heavy atom. The molecule has 122 valence electrons. The van der Waals surface area contributed by atoms with E-state index in [4.69, 9.17) is 15.6 Å². The van der Waals surface area contributed by atoms with Crippen molar-refractivity contribution in [2.75, 3.05) is 0 Å². The molecule has 0 aliphatic rings. The van der Waals surface area contributed by atoms with E-state index in [1.54, 1.807) is 6.92 Å². The highest BCUT2D eigenvalue weighted by Crippen LogP contribution is 2.19. The van der Waals surface area contributed by atoms with Gasteiger partial charge in [-0.15, -0.1) is 0 Å². The molecular formula is C17H25NO4. The Kier molecular flexibility index (Phi) is 6.56. The Bertz CT molecular complexity index is 510. The second-order valence-electron chi connectivity index (χ2n) is 6.07. The van der Waals surface area contributed by atoms with Gasteiger partial charge in [0.05, 0.1) is 5.92 Å². The molecule has 5 heteroatoms. The number of carboxylic acid groups (broad SMARTS) is 1. The minimum Gasteiger partial charge on any atom is -0.480 e. The molecule has 0 aliphatic heterocycles. The first kappa shape index (κ1) is 18.2. The number of aliphatic carboxylic acids is 1. The van der Waals surface area contributed by atoms with Crippen LogP contribution in [-0.4, -0.2) is 29.2 Å². The van der Waals surface area contributed by atoms with Crippen molar-refractivity contribution in [3.8, 4) is 0 Å². The van der Waals surface area contributed by atoms with Crippen LogP contribution in [0.25, 0.3) is 0 Å². The van der Waals surface area contributed by atoms with Crippen LogP contribution in [0.3, 0.4) is 0 Å². The Balaban J connectivity index is 2.68. The molecule has 22 heavy (non-hydrogen) atoms. The number of hydrogen-bond donors (Lipinski definition) is 2. The van der Waals surface area contributed by atoms with Gasteiger partial charge >= 0.3 is 11.9 Å². The zero-order valence-electron chi connectivity index (χ0n) is 13.6. The molecule has 0 fully saturated rings. The third kappa shape index (κ3) is 5.15. The summed E-state index contributed by atoms with van der Waals surface area (Å²) in [7, 11) is 0. The van der Waals surface area contributed by atoms with Crippen molar-refractivity contribution >= 4 is 11.9 Å². The Labute approximate surface area is 131 Å². The minimum atomic E-state index is -1.22. The first-order chi connectivity index (χ1) is 10.2. The molecule has 0 bridgehead atoms. The van der Waals surface area contributed by atoms with Crippen molar-refractivity contribution in [1.29, 1.82) is 0 Å². The van der Waals surface area contributed by atoms with E-state index in [9.17, 15) is 9.59 Å². The third-order valence-corrected chi connectivity index (χ3v) is 3.57. The minimum absolute atomic E-state index is 0.462. The highest BCUT2D eigenvalue weighted by molar-refractivity contribution is 5.79. The fourth-order valence-electron chi connectivity index (χ4n) is 2.11. The first-order valence-corrected chi connectivity index (χ1v) is 7.50. The van der Waals surface area contributed by atoms with Gasteiger partial charge in [-0.2, -0.15) is 0 Å². The summed E-state index contributed by atoms with van der Waals surface area (Å²) in [5, 5.41) is 8.81. The Morgan fingerprint density at radius 2 is 1.68 bits per heavy atom. The number of carbonyl (C=O) groups excluding carboxylic acids is 1. The van der Waals surface area contributed by atoms with Crippen LogP contribution in [-0.2, 0) is 20.7 Å². The number of carboxylic acids is 1. The van der Waals surface area contributed by atoms with E-state index >= 15 is 0 Å². The van der Waals surface area contributed by atoms with Crippen LogP contribution < -0.4 is 5.73 Å². The van der Waals surface area contributed by atoms with Crippen molar-refractivity contribution < 1.29 is 19.4 Å². The summed E-state index contributed by atoms with van der Waals surface area (Å²) in [6.45, 7) is 7.52. The molecule has 0 radical (unpaired) electrons. The fraction of sp³-hybridized carbons (Fsp3) is 0.529. The molecule has 0 spiro atoms. The second-order valence-corrected chi connectivity index (χ2v) is 6.07. The normalized spacial score (nSPS) is 15.2. The predicted octanol–water partition coefficient (Wildman–Crippen LogP) is 2.33. The summed E-state index contributed by atoms with van der Waals surface area (Å²) >= 11 is 0. The molecule has 0 saturated carbocycles. The lowest BCUT2D eigenvalue weighted by molar-refractivity contribution is -0.154. The topological polar surface area (TPSA) is 89.6 Å². The average Bonchev–Trinajstić information content (AvgIpc) is 2.45. The van der Waals surface area contributed by atoms with E-state index in [0.29, 0.717) is 5.92 Å². The molecule has 1 aromatic rings. The smallest absolute Gasteiger partial charge is 0.324 e. The maximum absolute atomic E-state index is 12.1. The number of carbonyl (C=O) groups is 2. The van der Waals surface area contributed by atoms with Gasteiger partial charge in [-0.05, 0) is 37.3 Å². The van der Waals surface area contributed by atoms with Crippen LogP contribution in [0.5, 0.6) is 0 Å². The number of esters is 1. The van der Waals surface area contributed by atoms with Gasteiger partial charge in [-0.3, -0.25) is 9.59 Å².